The molecule has 0 unspecified atom stereocenters. The lowest BCUT2D eigenvalue weighted by Gasteiger charge is -2.13. The smallest absolute Gasteiger partial charge is 0.255 e. The highest BCUT2D eigenvalue weighted by Gasteiger charge is 2.12. The number of ether oxygens (including phenoxy) is 1. The number of rotatable bonds is 7. The molecule has 9 heteroatoms. The summed E-state index contributed by atoms with van der Waals surface area (Å²) in [7, 11) is 0. The van der Waals surface area contributed by atoms with Crippen molar-refractivity contribution in [3.8, 4) is 5.75 Å². The normalized spacial score (nSPS) is 9.58. The van der Waals surface area contributed by atoms with E-state index in [1.54, 1.807) is 24.5 Å². The Hall–Kier alpha value is -1.24. The van der Waals surface area contributed by atoms with Gasteiger partial charge in [0, 0.05) is 36.1 Å². The topological polar surface area (TPSA) is 77.2 Å². The first-order chi connectivity index (χ1) is 10.6. The third kappa shape index (κ3) is 7.11. The van der Waals surface area contributed by atoms with Gasteiger partial charge in [0.05, 0.1) is 5.02 Å². The van der Waals surface area contributed by atoms with Gasteiger partial charge in [0.1, 0.15) is 5.75 Å². The van der Waals surface area contributed by atoms with Crippen LogP contribution in [0.25, 0.3) is 0 Å². The zero-order valence-electron chi connectivity index (χ0n) is 12.5. The summed E-state index contributed by atoms with van der Waals surface area (Å²) >= 11 is 12.1. The molecule has 0 spiro atoms. The first-order valence-corrected chi connectivity index (χ1v) is 7.30. The summed E-state index contributed by atoms with van der Waals surface area (Å²) < 4.78 is 5.37. The Bertz CT molecular complexity index is 657. The molecule has 1 amide bonds. The average molecular weight is 413 g/mol. The van der Waals surface area contributed by atoms with Crippen molar-refractivity contribution < 1.29 is 9.53 Å². The monoisotopic (exact) mass is 411 g/mol. The molecule has 3 N–H and O–H groups in total. The van der Waals surface area contributed by atoms with Crippen molar-refractivity contribution in [2.45, 2.75) is 13.1 Å². The van der Waals surface area contributed by atoms with E-state index in [2.05, 4.69) is 10.3 Å². The second-order valence-corrected chi connectivity index (χ2v) is 5.44. The minimum absolute atomic E-state index is 0. The molecule has 0 fully saturated rings. The standard InChI is InChI=1S/C15H15Cl2N3O2.2ClH/c16-12-4-11(8-20-7-10-2-1-3-19-6-10)15(13(17)5-12)22-9-14(18)21;;/h1-6,20H,7-9H2,(H2,18,21);2*1H. The number of hydrogen-bond acceptors (Lipinski definition) is 4. The Kier molecular flexibility index (Phi) is 10.8. The Morgan fingerprint density at radius 2 is 2.00 bits per heavy atom. The highest BCUT2D eigenvalue weighted by atomic mass is 35.5. The highest BCUT2D eigenvalue weighted by molar-refractivity contribution is 6.35. The van der Waals surface area contributed by atoms with Crippen LogP contribution in [-0.4, -0.2) is 17.5 Å². The number of carbonyl (C=O) groups is 1. The number of halogens is 4. The Morgan fingerprint density at radius 1 is 1.25 bits per heavy atom. The molecule has 0 bridgehead atoms. The molecule has 1 aromatic heterocycles. The summed E-state index contributed by atoms with van der Waals surface area (Å²) in [5.41, 5.74) is 6.89. The molecule has 0 aliphatic carbocycles. The van der Waals surface area contributed by atoms with Gasteiger partial charge in [-0.15, -0.1) is 24.8 Å². The molecule has 0 saturated heterocycles. The summed E-state index contributed by atoms with van der Waals surface area (Å²) in [5.74, 6) is -0.163. The molecule has 2 rings (SSSR count). The Morgan fingerprint density at radius 3 is 2.62 bits per heavy atom. The SMILES string of the molecule is Cl.Cl.NC(=O)COc1c(Cl)cc(Cl)cc1CNCc1cccnc1. The van der Waals surface area contributed by atoms with Crippen molar-refractivity contribution in [3.63, 3.8) is 0 Å². The Labute approximate surface area is 162 Å². The largest absolute Gasteiger partial charge is 0.482 e. The van der Waals surface area contributed by atoms with Crippen LogP contribution in [0.5, 0.6) is 5.75 Å². The number of primary amides is 1. The summed E-state index contributed by atoms with van der Waals surface area (Å²) in [5, 5.41) is 4.08. The van der Waals surface area contributed by atoms with Gasteiger partial charge >= 0.3 is 0 Å². The molecule has 2 aromatic rings. The minimum Gasteiger partial charge on any atom is -0.482 e. The van der Waals surface area contributed by atoms with Gasteiger partial charge in [0.15, 0.2) is 6.61 Å². The van der Waals surface area contributed by atoms with E-state index in [-0.39, 0.29) is 31.4 Å². The number of hydrogen-bond donors (Lipinski definition) is 2. The third-order valence-electron chi connectivity index (χ3n) is 2.81. The van der Waals surface area contributed by atoms with Crippen LogP contribution in [0.4, 0.5) is 0 Å². The predicted octanol–water partition coefficient (Wildman–Crippen LogP) is 3.39. The number of aromatic nitrogens is 1. The van der Waals surface area contributed by atoms with Crippen LogP contribution in [0, 0.1) is 0 Å². The number of nitrogens with zero attached hydrogens (tertiary/aromatic N) is 1. The molecule has 5 nitrogen and oxygen atoms in total. The van der Waals surface area contributed by atoms with Gasteiger partial charge in [-0.25, -0.2) is 0 Å². The van der Waals surface area contributed by atoms with E-state index in [9.17, 15) is 4.79 Å². The van der Waals surface area contributed by atoms with Crippen molar-refractivity contribution in [3.05, 3.63) is 57.8 Å². The molecule has 0 saturated carbocycles. The lowest BCUT2D eigenvalue weighted by Crippen LogP contribution is -2.21. The molecular formula is C15H17Cl4N3O2. The maximum absolute atomic E-state index is 10.9. The van der Waals surface area contributed by atoms with Crippen molar-refractivity contribution in [1.29, 1.82) is 0 Å². The zero-order chi connectivity index (χ0) is 15.9. The van der Waals surface area contributed by atoms with E-state index in [1.165, 1.54) is 0 Å². The van der Waals surface area contributed by atoms with Crippen LogP contribution >= 0.6 is 48.0 Å². The second-order valence-electron chi connectivity index (χ2n) is 4.60. The van der Waals surface area contributed by atoms with Gasteiger partial charge in [-0.2, -0.15) is 0 Å². The molecule has 0 radical (unpaired) electrons. The van der Waals surface area contributed by atoms with Gasteiger partial charge in [-0.3, -0.25) is 9.78 Å². The quantitative estimate of drug-likeness (QED) is 0.730. The lowest BCUT2D eigenvalue weighted by molar-refractivity contribution is -0.119. The fourth-order valence-electron chi connectivity index (χ4n) is 1.89. The molecule has 132 valence electrons. The number of pyridine rings is 1. The van der Waals surface area contributed by atoms with Gasteiger partial charge in [-0.1, -0.05) is 29.3 Å². The number of carbonyl (C=O) groups excluding carboxylic acids is 1. The average Bonchev–Trinajstić information content (AvgIpc) is 2.47. The first-order valence-electron chi connectivity index (χ1n) is 6.55. The van der Waals surface area contributed by atoms with Crippen molar-refractivity contribution in [2.24, 2.45) is 5.73 Å². The van der Waals surface area contributed by atoms with E-state index >= 15 is 0 Å². The molecule has 0 aliphatic heterocycles. The van der Waals surface area contributed by atoms with Crippen LogP contribution in [0.3, 0.4) is 0 Å². The fourth-order valence-corrected chi connectivity index (χ4v) is 2.48. The molecular weight excluding hydrogens is 396 g/mol. The summed E-state index contributed by atoms with van der Waals surface area (Å²) in [4.78, 5) is 14.9. The summed E-state index contributed by atoms with van der Waals surface area (Å²) in [6.45, 7) is 0.869. The third-order valence-corrected chi connectivity index (χ3v) is 3.31. The molecule has 0 aliphatic rings. The Balaban J connectivity index is 0.00000264. The van der Waals surface area contributed by atoms with Crippen LogP contribution < -0.4 is 15.8 Å². The maximum atomic E-state index is 10.9. The lowest BCUT2D eigenvalue weighted by atomic mass is 10.2. The molecule has 1 heterocycles. The van der Waals surface area contributed by atoms with Gasteiger partial charge in [0.2, 0.25) is 0 Å². The molecule has 24 heavy (non-hydrogen) atoms. The number of benzene rings is 1. The van der Waals surface area contributed by atoms with Crippen molar-refractivity contribution in [2.75, 3.05) is 6.61 Å². The predicted molar refractivity (Wildman–Crippen MR) is 100 cm³/mol. The summed E-state index contributed by atoms with van der Waals surface area (Å²) in [6.07, 6.45) is 3.50. The van der Waals surface area contributed by atoms with E-state index in [4.69, 9.17) is 33.7 Å². The number of nitrogens with two attached hydrogens (primary N) is 1. The van der Waals surface area contributed by atoms with E-state index in [1.807, 2.05) is 12.1 Å². The van der Waals surface area contributed by atoms with E-state index < -0.39 is 5.91 Å². The second kappa shape index (κ2) is 11.3. The first kappa shape index (κ1) is 22.8. The number of nitrogens with one attached hydrogen (secondary N) is 1. The summed E-state index contributed by atoms with van der Waals surface area (Å²) in [6, 6.07) is 7.13. The van der Waals surface area contributed by atoms with Gasteiger partial charge < -0.3 is 15.8 Å². The van der Waals surface area contributed by atoms with Gasteiger partial charge in [-0.05, 0) is 23.8 Å². The van der Waals surface area contributed by atoms with Crippen LogP contribution in [0.1, 0.15) is 11.1 Å². The number of amides is 1. The molecule has 1 aromatic carbocycles. The van der Waals surface area contributed by atoms with Gasteiger partial charge in [0.25, 0.3) is 5.91 Å². The van der Waals surface area contributed by atoms with Crippen molar-refractivity contribution >= 4 is 53.9 Å². The molecule has 0 atom stereocenters. The van der Waals surface area contributed by atoms with Crippen LogP contribution in [0.2, 0.25) is 10.0 Å². The van der Waals surface area contributed by atoms with Crippen molar-refractivity contribution in [1.82, 2.24) is 10.3 Å². The minimum atomic E-state index is -0.569. The van der Waals surface area contributed by atoms with Crippen LogP contribution in [-0.2, 0) is 17.9 Å². The zero-order valence-corrected chi connectivity index (χ0v) is 15.6. The maximum Gasteiger partial charge on any atom is 0.255 e. The highest BCUT2D eigenvalue weighted by Crippen LogP contribution is 2.32. The van der Waals surface area contributed by atoms with Crippen LogP contribution in [0.15, 0.2) is 36.7 Å². The van der Waals surface area contributed by atoms with E-state index in [0.29, 0.717) is 28.9 Å². The fraction of sp³-hybridized carbons (Fsp3) is 0.200. The van der Waals surface area contributed by atoms with E-state index in [0.717, 1.165) is 11.1 Å².